The molecular formula is C12H12F2N4O2. The number of hydrogen-bond acceptors (Lipinski definition) is 3. The highest BCUT2D eigenvalue weighted by Crippen LogP contribution is 2.14. The number of carbonyl (C=O) groups excluding carboxylic acids is 1. The van der Waals surface area contributed by atoms with Crippen molar-refractivity contribution in [2.24, 2.45) is 0 Å². The molecule has 106 valence electrons. The fourth-order valence-corrected chi connectivity index (χ4v) is 1.49. The quantitative estimate of drug-likeness (QED) is 0.754. The number of aromatic hydroxyl groups is 1. The van der Waals surface area contributed by atoms with Crippen molar-refractivity contribution in [2.45, 2.75) is 13.0 Å². The first-order valence-corrected chi connectivity index (χ1v) is 5.71. The lowest BCUT2D eigenvalue weighted by Gasteiger charge is -2.05. The maximum atomic E-state index is 12.1. The zero-order valence-corrected chi connectivity index (χ0v) is 10.3. The summed E-state index contributed by atoms with van der Waals surface area (Å²) in [6.45, 7) is -0.527. The van der Waals surface area contributed by atoms with Crippen molar-refractivity contribution < 1.29 is 18.7 Å². The van der Waals surface area contributed by atoms with Crippen LogP contribution >= 0.6 is 0 Å². The van der Waals surface area contributed by atoms with E-state index in [1.807, 2.05) is 0 Å². The number of aromatic nitrogens is 2. The first-order valence-electron chi connectivity index (χ1n) is 5.71. The zero-order valence-electron chi connectivity index (χ0n) is 10.3. The van der Waals surface area contributed by atoms with Crippen LogP contribution in [0.4, 0.5) is 25.1 Å². The van der Waals surface area contributed by atoms with Crippen molar-refractivity contribution in [2.75, 3.05) is 10.6 Å². The third kappa shape index (κ3) is 3.94. The van der Waals surface area contributed by atoms with Crippen LogP contribution < -0.4 is 10.6 Å². The van der Waals surface area contributed by atoms with E-state index in [0.29, 0.717) is 5.69 Å². The monoisotopic (exact) mass is 282 g/mol. The van der Waals surface area contributed by atoms with Crippen LogP contribution in [-0.4, -0.2) is 27.3 Å². The molecule has 0 bridgehead atoms. The maximum Gasteiger partial charge on any atom is 0.324 e. The first kappa shape index (κ1) is 13.8. The highest BCUT2D eigenvalue weighted by Gasteiger charge is 2.08. The van der Waals surface area contributed by atoms with E-state index in [4.69, 9.17) is 5.11 Å². The molecular weight excluding hydrogens is 270 g/mol. The standard InChI is InChI=1S/C12H12F2N4O2/c13-10(14)7-18-6-5-11(17-18)16-12(20)15-8-1-3-9(19)4-2-8/h1-6,10,19H,7H2,(H2,15,16,17,20). The number of hydrogen-bond donors (Lipinski definition) is 3. The van der Waals surface area contributed by atoms with Gasteiger partial charge in [-0.2, -0.15) is 5.10 Å². The van der Waals surface area contributed by atoms with Crippen molar-refractivity contribution in [3.63, 3.8) is 0 Å². The molecule has 2 aromatic rings. The summed E-state index contributed by atoms with van der Waals surface area (Å²) >= 11 is 0. The molecule has 0 radical (unpaired) electrons. The molecule has 2 amide bonds. The number of urea groups is 1. The van der Waals surface area contributed by atoms with E-state index in [1.165, 1.54) is 36.5 Å². The van der Waals surface area contributed by atoms with Gasteiger partial charge in [0.2, 0.25) is 0 Å². The summed E-state index contributed by atoms with van der Waals surface area (Å²) in [4.78, 5) is 11.6. The van der Waals surface area contributed by atoms with Gasteiger partial charge in [0, 0.05) is 18.0 Å². The SMILES string of the molecule is O=C(Nc1ccc(O)cc1)Nc1ccn(CC(F)F)n1. The Labute approximate surface area is 113 Å². The van der Waals surface area contributed by atoms with Gasteiger partial charge < -0.3 is 10.4 Å². The van der Waals surface area contributed by atoms with Crippen molar-refractivity contribution in [1.82, 2.24) is 9.78 Å². The Hall–Kier alpha value is -2.64. The Balaban J connectivity index is 1.91. The molecule has 0 aliphatic heterocycles. The predicted octanol–water partition coefficient (Wildman–Crippen LogP) is 2.50. The number of phenolic OH excluding ortho intramolecular Hbond substituents is 1. The Morgan fingerprint density at radius 2 is 1.95 bits per heavy atom. The van der Waals surface area contributed by atoms with E-state index < -0.39 is 19.0 Å². The van der Waals surface area contributed by atoms with Gasteiger partial charge >= 0.3 is 6.03 Å². The van der Waals surface area contributed by atoms with E-state index in [9.17, 15) is 13.6 Å². The molecule has 6 nitrogen and oxygen atoms in total. The Kier molecular flexibility index (Phi) is 4.14. The molecule has 0 fully saturated rings. The Bertz CT molecular complexity index is 583. The lowest BCUT2D eigenvalue weighted by molar-refractivity contribution is 0.122. The highest BCUT2D eigenvalue weighted by molar-refractivity contribution is 5.99. The smallest absolute Gasteiger partial charge is 0.324 e. The summed E-state index contributed by atoms with van der Waals surface area (Å²) in [5, 5.41) is 17.8. The second kappa shape index (κ2) is 6.00. The predicted molar refractivity (Wildman–Crippen MR) is 69.0 cm³/mol. The molecule has 1 aromatic heterocycles. The average molecular weight is 282 g/mol. The van der Waals surface area contributed by atoms with Gasteiger partial charge in [0.1, 0.15) is 12.3 Å². The molecule has 2 rings (SSSR count). The molecule has 1 aromatic carbocycles. The lowest BCUT2D eigenvalue weighted by atomic mass is 10.3. The molecule has 0 saturated heterocycles. The van der Waals surface area contributed by atoms with Gasteiger partial charge in [0.05, 0.1) is 0 Å². The number of anilines is 2. The fourth-order valence-electron chi connectivity index (χ4n) is 1.49. The molecule has 0 spiro atoms. The van der Waals surface area contributed by atoms with Gasteiger partial charge in [-0.15, -0.1) is 0 Å². The lowest BCUT2D eigenvalue weighted by Crippen LogP contribution is -2.20. The maximum absolute atomic E-state index is 12.1. The van der Waals surface area contributed by atoms with Crippen LogP contribution in [0.1, 0.15) is 0 Å². The molecule has 0 atom stereocenters. The van der Waals surface area contributed by atoms with Crippen molar-refractivity contribution in [3.05, 3.63) is 36.5 Å². The van der Waals surface area contributed by atoms with Gasteiger partial charge in [-0.05, 0) is 24.3 Å². The average Bonchev–Trinajstić information content (AvgIpc) is 2.78. The minimum atomic E-state index is -2.51. The minimum Gasteiger partial charge on any atom is -0.508 e. The topological polar surface area (TPSA) is 79.2 Å². The second-order valence-corrected chi connectivity index (χ2v) is 3.94. The summed E-state index contributed by atoms with van der Waals surface area (Å²) in [5.74, 6) is 0.253. The number of rotatable bonds is 4. The molecule has 20 heavy (non-hydrogen) atoms. The Morgan fingerprint density at radius 1 is 1.25 bits per heavy atom. The summed E-state index contributed by atoms with van der Waals surface area (Å²) in [6.07, 6.45) is -1.16. The normalized spacial score (nSPS) is 10.6. The van der Waals surface area contributed by atoms with Crippen LogP contribution in [0, 0.1) is 0 Å². The molecule has 0 aliphatic carbocycles. The van der Waals surface area contributed by atoms with E-state index >= 15 is 0 Å². The minimum absolute atomic E-state index is 0.0849. The van der Waals surface area contributed by atoms with Crippen LogP contribution in [0.3, 0.4) is 0 Å². The van der Waals surface area contributed by atoms with Crippen molar-refractivity contribution >= 4 is 17.5 Å². The van der Waals surface area contributed by atoms with Crippen molar-refractivity contribution in [3.8, 4) is 5.75 Å². The summed E-state index contributed by atoms with van der Waals surface area (Å²) < 4.78 is 25.3. The second-order valence-electron chi connectivity index (χ2n) is 3.94. The Morgan fingerprint density at radius 3 is 2.60 bits per heavy atom. The number of halogens is 2. The number of carbonyl (C=O) groups is 1. The van der Waals surface area contributed by atoms with E-state index in [0.717, 1.165) is 4.68 Å². The summed E-state index contributed by atoms with van der Waals surface area (Å²) in [5.41, 5.74) is 0.479. The molecule has 8 heteroatoms. The van der Waals surface area contributed by atoms with Crippen LogP contribution in [-0.2, 0) is 6.54 Å². The number of phenols is 1. The summed E-state index contributed by atoms with van der Waals surface area (Å²) in [6, 6.07) is 6.74. The van der Waals surface area contributed by atoms with Crippen LogP contribution in [0.15, 0.2) is 36.5 Å². The third-order valence-corrected chi connectivity index (χ3v) is 2.33. The van der Waals surface area contributed by atoms with Gasteiger partial charge in [0.25, 0.3) is 6.43 Å². The summed E-state index contributed by atoms with van der Waals surface area (Å²) in [7, 11) is 0. The molecule has 0 unspecified atom stereocenters. The molecule has 1 heterocycles. The zero-order chi connectivity index (χ0) is 14.5. The molecule has 0 saturated carbocycles. The van der Waals surface area contributed by atoms with Gasteiger partial charge in [-0.25, -0.2) is 13.6 Å². The highest BCUT2D eigenvalue weighted by atomic mass is 19.3. The van der Waals surface area contributed by atoms with Gasteiger partial charge in [0.15, 0.2) is 5.82 Å². The van der Waals surface area contributed by atoms with Gasteiger partial charge in [-0.1, -0.05) is 0 Å². The van der Waals surface area contributed by atoms with Crippen molar-refractivity contribution in [1.29, 1.82) is 0 Å². The fraction of sp³-hybridized carbons (Fsp3) is 0.167. The molecule has 0 aliphatic rings. The molecule has 3 N–H and O–H groups in total. The number of benzene rings is 1. The largest absolute Gasteiger partial charge is 0.508 e. The van der Waals surface area contributed by atoms with Gasteiger partial charge in [-0.3, -0.25) is 10.00 Å². The van der Waals surface area contributed by atoms with E-state index in [2.05, 4.69) is 15.7 Å². The van der Waals surface area contributed by atoms with E-state index in [1.54, 1.807) is 0 Å². The number of alkyl halides is 2. The van der Waals surface area contributed by atoms with Crippen LogP contribution in [0.25, 0.3) is 0 Å². The number of nitrogens with zero attached hydrogens (tertiary/aromatic N) is 2. The third-order valence-electron chi connectivity index (χ3n) is 2.33. The van der Waals surface area contributed by atoms with E-state index in [-0.39, 0.29) is 11.6 Å². The number of amides is 2. The van der Waals surface area contributed by atoms with Crippen LogP contribution in [0.5, 0.6) is 5.75 Å². The first-order chi connectivity index (χ1) is 9.52. The number of nitrogens with one attached hydrogen (secondary N) is 2. The van der Waals surface area contributed by atoms with Crippen LogP contribution in [0.2, 0.25) is 0 Å².